The van der Waals surface area contributed by atoms with Crippen LogP contribution in [0.3, 0.4) is 0 Å². The van der Waals surface area contributed by atoms with Gasteiger partial charge in [0.05, 0.1) is 10.4 Å². The van der Waals surface area contributed by atoms with Crippen LogP contribution in [0.4, 0.5) is 0 Å². The first kappa shape index (κ1) is 16.3. The number of likely N-dealkylation sites (N-methyl/N-ethyl adjacent to an activating group) is 1. The Morgan fingerprint density at radius 2 is 2.05 bits per heavy atom. The van der Waals surface area contributed by atoms with Crippen LogP contribution >= 0.6 is 22.9 Å². The topological polar surface area (TPSA) is 29.3 Å². The molecule has 1 saturated carbocycles. The Kier molecular flexibility index (Phi) is 6.34. The van der Waals surface area contributed by atoms with Gasteiger partial charge in [0, 0.05) is 17.5 Å². The molecule has 2 nitrogen and oxygen atoms in total. The molecule has 0 amide bonds. The number of rotatable bonds is 6. The van der Waals surface area contributed by atoms with Gasteiger partial charge in [-0.1, -0.05) is 37.8 Å². The van der Waals surface area contributed by atoms with E-state index < -0.39 is 0 Å². The average molecular weight is 315 g/mol. The third-order valence-electron chi connectivity index (χ3n) is 4.51. The quantitative estimate of drug-likeness (QED) is 0.825. The van der Waals surface area contributed by atoms with E-state index in [2.05, 4.69) is 24.9 Å². The molecular formula is C16H27ClN2S. The Hall–Kier alpha value is -0.0900. The highest BCUT2D eigenvalue weighted by molar-refractivity contribution is 7.16. The lowest BCUT2D eigenvalue weighted by Gasteiger charge is -2.35. The maximum atomic E-state index is 6.39. The lowest BCUT2D eigenvalue weighted by Crippen LogP contribution is -2.40. The van der Waals surface area contributed by atoms with Crippen LogP contribution in [0.15, 0.2) is 12.1 Å². The van der Waals surface area contributed by atoms with Crippen molar-refractivity contribution in [2.75, 3.05) is 13.6 Å². The van der Waals surface area contributed by atoms with Crippen LogP contribution in [0.25, 0.3) is 0 Å². The van der Waals surface area contributed by atoms with Gasteiger partial charge in [0.1, 0.15) is 0 Å². The van der Waals surface area contributed by atoms with E-state index in [-0.39, 0.29) is 6.04 Å². The van der Waals surface area contributed by atoms with Gasteiger partial charge in [-0.15, -0.1) is 11.3 Å². The van der Waals surface area contributed by atoms with Gasteiger partial charge >= 0.3 is 0 Å². The summed E-state index contributed by atoms with van der Waals surface area (Å²) < 4.78 is 0.861. The SMILES string of the molecule is CCC(N)C(c1ccc(Cl)s1)N(C)CC1CCCCC1. The minimum absolute atomic E-state index is 0.179. The van der Waals surface area contributed by atoms with Gasteiger partial charge < -0.3 is 5.73 Å². The largest absolute Gasteiger partial charge is 0.326 e. The molecule has 114 valence electrons. The summed E-state index contributed by atoms with van der Waals surface area (Å²) in [6.07, 6.45) is 7.96. The molecule has 2 unspecified atom stereocenters. The van der Waals surface area contributed by atoms with Crippen molar-refractivity contribution in [1.82, 2.24) is 4.90 Å². The van der Waals surface area contributed by atoms with Gasteiger partial charge in [0.25, 0.3) is 0 Å². The molecule has 1 fully saturated rings. The van der Waals surface area contributed by atoms with Crippen LogP contribution in [0.1, 0.15) is 56.4 Å². The molecule has 4 heteroatoms. The van der Waals surface area contributed by atoms with E-state index >= 15 is 0 Å². The highest BCUT2D eigenvalue weighted by Crippen LogP contribution is 2.34. The van der Waals surface area contributed by atoms with Crippen molar-refractivity contribution in [1.29, 1.82) is 0 Å². The third-order valence-corrected chi connectivity index (χ3v) is 5.81. The van der Waals surface area contributed by atoms with E-state index in [1.807, 2.05) is 6.07 Å². The van der Waals surface area contributed by atoms with Crippen LogP contribution in [-0.2, 0) is 0 Å². The number of nitrogens with two attached hydrogens (primary N) is 1. The second-order valence-corrected chi connectivity index (χ2v) is 7.85. The zero-order valence-corrected chi connectivity index (χ0v) is 14.2. The summed E-state index contributed by atoms with van der Waals surface area (Å²) in [5.41, 5.74) is 6.39. The van der Waals surface area contributed by atoms with Crippen molar-refractivity contribution in [3.8, 4) is 0 Å². The average Bonchev–Trinajstić information content (AvgIpc) is 2.86. The molecule has 1 aliphatic rings. The summed E-state index contributed by atoms with van der Waals surface area (Å²) in [7, 11) is 2.22. The van der Waals surface area contributed by atoms with Crippen molar-refractivity contribution in [2.24, 2.45) is 11.7 Å². The maximum absolute atomic E-state index is 6.39. The van der Waals surface area contributed by atoms with Crippen LogP contribution < -0.4 is 5.73 Å². The normalized spacial score (nSPS) is 20.2. The maximum Gasteiger partial charge on any atom is 0.0931 e. The van der Waals surface area contributed by atoms with Gasteiger partial charge in [-0.25, -0.2) is 0 Å². The third kappa shape index (κ3) is 4.20. The molecule has 0 bridgehead atoms. The number of halogens is 1. The fourth-order valence-corrected chi connectivity index (χ4v) is 4.66. The number of hydrogen-bond donors (Lipinski definition) is 1. The van der Waals surface area contributed by atoms with Gasteiger partial charge in [-0.05, 0) is 44.4 Å². The van der Waals surface area contributed by atoms with Crippen molar-refractivity contribution >= 4 is 22.9 Å². The summed E-state index contributed by atoms with van der Waals surface area (Å²) in [5, 5.41) is 0. The molecule has 0 aliphatic heterocycles. The molecule has 1 aromatic rings. The van der Waals surface area contributed by atoms with Crippen LogP contribution in [0.5, 0.6) is 0 Å². The van der Waals surface area contributed by atoms with E-state index in [9.17, 15) is 0 Å². The predicted molar refractivity (Wildman–Crippen MR) is 89.5 cm³/mol. The van der Waals surface area contributed by atoms with E-state index in [0.717, 1.165) is 23.2 Å². The lowest BCUT2D eigenvalue weighted by atomic mass is 9.88. The molecule has 0 saturated heterocycles. The van der Waals surface area contributed by atoms with Crippen LogP contribution in [-0.4, -0.2) is 24.5 Å². The van der Waals surface area contributed by atoms with Crippen molar-refractivity contribution in [3.63, 3.8) is 0 Å². The minimum Gasteiger partial charge on any atom is -0.326 e. The zero-order valence-electron chi connectivity index (χ0n) is 12.6. The Morgan fingerprint density at radius 3 is 2.60 bits per heavy atom. The van der Waals surface area contributed by atoms with Crippen molar-refractivity contribution in [2.45, 2.75) is 57.5 Å². The van der Waals surface area contributed by atoms with E-state index in [1.54, 1.807) is 11.3 Å². The molecule has 2 N–H and O–H groups in total. The summed E-state index contributed by atoms with van der Waals surface area (Å²) in [6, 6.07) is 4.62. The predicted octanol–water partition coefficient (Wildman–Crippen LogP) is 4.69. The van der Waals surface area contributed by atoms with E-state index in [0.29, 0.717) is 6.04 Å². The second-order valence-electron chi connectivity index (χ2n) is 6.10. The Morgan fingerprint density at radius 1 is 1.35 bits per heavy atom. The molecule has 0 aromatic carbocycles. The highest BCUT2D eigenvalue weighted by Gasteiger charge is 2.27. The number of nitrogens with zero attached hydrogens (tertiary/aromatic N) is 1. The van der Waals surface area contributed by atoms with Gasteiger partial charge in [0.2, 0.25) is 0 Å². The standard InChI is InChI=1S/C16H27ClN2S/c1-3-13(18)16(14-9-10-15(17)20-14)19(2)11-12-7-5-4-6-8-12/h9-10,12-13,16H,3-8,11,18H2,1-2H3. The van der Waals surface area contributed by atoms with Gasteiger partial charge in [-0.3, -0.25) is 4.90 Å². The number of thiophene rings is 1. The van der Waals surface area contributed by atoms with Crippen molar-refractivity contribution < 1.29 is 0 Å². The summed E-state index contributed by atoms with van der Waals surface area (Å²) in [4.78, 5) is 3.77. The van der Waals surface area contributed by atoms with Crippen LogP contribution in [0.2, 0.25) is 4.34 Å². The fourth-order valence-electron chi connectivity index (χ4n) is 3.36. The first-order chi connectivity index (χ1) is 9.61. The Balaban J connectivity index is 2.05. The van der Waals surface area contributed by atoms with Gasteiger partial charge in [0.15, 0.2) is 0 Å². The molecule has 1 aromatic heterocycles. The fraction of sp³-hybridized carbons (Fsp3) is 0.750. The first-order valence-electron chi connectivity index (χ1n) is 7.82. The molecule has 0 spiro atoms. The monoisotopic (exact) mass is 314 g/mol. The Bertz CT molecular complexity index is 401. The van der Waals surface area contributed by atoms with E-state index in [1.165, 1.54) is 37.0 Å². The smallest absolute Gasteiger partial charge is 0.0931 e. The van der Waals surface area contributed by atoms with Crippen molar-refractivity contribution in [3.05, 3.63) is 21.3 Å². The molecule has 1 heterocycles. The lowest BCUT2D eigenvalue weighted by molar-refractivity contribution is 0.163. The molecular weight excluding hydrogens is 288 g/mol. The molecule has 1 aliphatic carbocycles. The highest BCUT2D eigenvalue weighted by atomic mass is 35.5. The molecule has 2 atom stereocenters. The molecule has 20 heavy (non-hydrogen) atoms. The first-order valence-corrected chi connectivity index (χ1v) is 9.02. The minimum atomic E-state index is 0.179. The van der Waals surface area contributed by atoms with E-state index in [4.69, 9.17) is 17.3 Å². The molecule has 0 radical (unpaired) electrons. The summed E-state index contributed by atoms with van der Waals surface area (Å²) >= 11 is 7.78. The zero-order chi connectivity index (χ0) is 14.5. The Labute approximate surface area is 132 Å². The molecule has 2 rings (SSSR count). The second kappa shape index (κ2) is 7.79. The summed E-state index contributed by atoms with van der Waals surface area (Å²) in [5.74, 6) is 0.843. The van der Waals surface area contributed by atoms with Crippen LogP contribution in [0, 0.1) is 5.92 Å². The summed E-state index contributed by atoms with van der Waals surface area (Å²) in [6.45, 7) is 3.33. The van der Waals surface area contributed by atoms with Gasteiger partial charge in [-0.2, -0.15) is 0 Å². The number of hydrogen-bond acceptors (Lipinski definition) is 3.